The standard InChI is InChI=1S/C12H22N6O3/c1-9-10(18(19)20)11(16-12(13-2)15-9)14-5-6-17(3)7-8-21-4/h5-8H2,1-4H3,(H2,13,14,15,16). The minimum atomic E-state index is -0.467. The van der Waals surface area contributed by atoms with Crippen LogP contribution in [0.5, 0.6) is 0 Å². The Morgan fingerprint density at radius 2 is 2.10 bits per heavy atom. The molecule has 1 aromatic heterocycles. The van der Waals surface area contributed by atoms with Crippen LogP contribution in [0.2, 0.25) is 0 Å². The van der Waals surface area contributed by atoms with E-state index in [2.05, 4.69) is 25.5 Å². The normalized spacial score (nSPS) is 10.7. The fourth-order valence-electron chi connectivity index (χ4n) is 1.74. The molecular formula is C12H22N6O3. The van der Waals surface area contributed by atoms with E-state index >= 15 is 0 Å². The third-order valence-electron chi connectivity index (χ3n) is 2.93. The first-order valence-corrected chi connectivity index (χ1v) is 6.61. The molecule has 9 nitrogen and oxygen atoms in total. The summed E-state index contributed by atoms with van der Waals surface area (Å²) in [6.07, 6.45) is 0. The molecule has 1 heterocycles. The molecule has 1 rings (SSSR count). The number of hydrogen-bond donors (Lipinski definition) is 2. The molecule has 21 heavy (non-hydrogen) atoms. The molecule has 0 saturated heterocycles. The number of nitrogens with one attached hydrogen (secondary N) is 2. The Hall–Kier alpha value is -2.00. The number of methoxy groups -OCH3 is 1. The predicted molar refractivity (Wildman–Crippen MR) is 80.8 cm³/mol. The van der Waals surface area contributed by atoms with Crippen molar-refractivity contribution in [3.8, 4) is 0 Å². The molecule has 0 aliphatic rings. The Morgan fingerprint density at radius 3 is 2.67 bits per heavy atom. The van der Waals surface area contributed by atoms with E-state index in [1.165, 1.54) is 0 Å². The molecule has 0 fully saturated rings. The van der Waals surface area contributed by atoms with Crippen LogP contribution in [0.4, 0.5) is 17.5 Å². The number of hydrogen-bond acceptors (Lipinski definition) is 8. The summed E-state index contributed by atoms with van der Waals surface area (Å²) in [4.78, 5) is 20.9. The number of anilines is 2. The Morgan fingerprint density at radius 1 is 1.38 bits per heavy atom. The monoisotopic (exact) mass is 298 g/mol. The number of ether oxygens (including phenoxy) is 1. The molecular weight excluding hydrogens is 276 g/mol. The zero-order valence-corrected chi connectivity index (χ0v) is 12.8. The van der Waals surface area contributed by atoms with Crippen molar-refractivity contribution in [2.75, 3.05) is 58.1 Å². The van der Waals surface area contributed by atoms with Crippen molar-refractivity contribution < 1.29 is 9.66 Å². The summed E-state index contributed by atoms with van der Waals surface area (Å²) in [5, 5.41) is 16.9. The lowest BCUT2D eigenvalue weighted by Crippen LogP contribution is -2.28. The Kier molecular flexibility index (Phi) is 6.76. The number of aromatic nitrogens is 2. The first-order valence-electron chi connectivity index (χ1n) is 6.61. The second-order valence-corrected chi connectivity index (χ2v) is 4.56. The summed E-state index contributed by atoms with van der Waals surface area (Å²) < 4.78 is 4.99. The van der Waals surface area contributed by atoms with E-state index in [-0.39, 0.29) is 11.5 Å². The summed E-state index contributed by atoms with van der Waals surface area (Å²) in [7, 11) is 5.28. The van der Waals surface area contributed by atoms with Gasteiger partial charge in [0, 0.05) is 33.8 Å². The predicted octanol–water partition coefficient (Wildman–Crippen LogP) is 0.725. The van der Waals surface area contributed by atoms with Gasteiger partial charge in [-0.3, -0.25) is 10.1 Å². The molecule has 0 atom stereocenters. The van der Waals surface area contributed by atoms with Crippen LogP contribution in [-0.4, -0.2) is 67.2 Å². The van der Waals surface area contributed by atoms with E-state index in [9.17, 15) is 10.1 Å². The summed E-state index contributed by atoms with van der Waals surface area (Å²) in [6.45, 7) is 4.30. The second-order valence-electron chi connectivity index (χ2n) is 4.56. The van der Waals surface area contributed by atoms with Crippen LogP contribution >= 0.6 is 0 Å². The number of nitro groups is 1. The van der Waals surface area contributed by atoms with Gasteiger partial charge in [-0.05, 0) is 14.0 Å². The Bertz CT molecular complexity index is 482. The van der Waals surface area contributed by atoms with Crippen LogP contribution in [-0.2, 0) is 4.74 Å². The van der Waals surface area contributed by atoms with Crippen LogP contribution < -0.4 is 10.6 Å². The van der Waals surface area contributed by atoms with E-state index in [1.54, 1.807) is 21.1 Å². The van der Waals surface area contributed by atoms with Crippen LogP contribution in [0.3, 0.4) is 0 Å². The second kappa shape index (κ2) is 8.32. The fourth-order valence-corrected chi connectivity index (χ4v) is 1.74. The number of aryl methyl sites for hydroxylation is 1. The van der Waals surface area contributed by atoms with E-state index in [1.807, 2.05) is 7.05 Å². The highest BCUT2D eigenvalue weighted by molar-refractivity contribution is 5.60. The van der Waals surface area contributed by atoms with Crippen LogP contribution in [0.1, 0.15) is 5.69 Å². The van der Waals surface area contributed by atoms with Gasteiger partial charge in [0.1, 0.15) is 5.69 Å². The maximum atomic E-state index is 11.1. The van der Waals surface area contributed by atoms with Crippen molar-refractivity contribution in [1.29, 1.82) is 0 Å². The molecule has 0 amide bonds. The van der Waals surface area contributed by atoms with E-state index in [0.717, 1.165) is 13.1 Å². The largest absolute Gasteiger partial charge is 0.383 e. The summed E-state index contributed by atoms with van der Waals surface area (Å²) in [5.74, 6) is 0.588. The molecule has 0 spiro atoms. The third-order valence-corrected chi connectivity index (χ3v) is 2.93. The fraction of sp³-hybridized carbons (Fsp3) is 0.667. The number of nitrogens with zero attached hydrogens (tertiary/aromatic N) is 4. The summed E-state index contributed by atoms with van der Waals surface area (Å²) in [5.41, 5.74) is 0.239. The van der Waals surface area contributed by atoms with Gasteiger partial charge >= 0.3 is 5.69 Å². The summed E-state index contributed by atoms with van der Waals surface area (Å²) >= 11 is 0. The molecule has 0 aliphatic heterocycles. The Balaban J connectivity index is 2.72. The van der Waals surface area contributed by atoms with Gasteiger partial charge in [0.25, 0.3) is 0 Å². The quantitative estimate of drug-likeness (QED) is 0.507. The molecule has 2 N–H and O–H groups in total. The van der Waals surface area contributed by atoms with E-state index < -0.39 is 4.92 Å². The van der Waals surface area contributed by atoms with Crippen LogP contribution in [0.15, 0.2) is 0 Å². The van der Waals surface area contributed by atoms with Crippen LogP contribution in [0.25, 0.3) is 0 Å². The maximum absolute atomic E-state index is 11.1. The van der Waals surface area contributed by atoms with Crippen molar-refractivity contribution in [2.45, 2.75) is 6.92 Å². The van der Waals surface area contributed by atoms with Crippen molar-refractivity contribution in [1.82, 2.24) is 14.9 Å². The molecule has 0 saturated carbocycles. The van der Waals surface area contributed by atoms with Gasteiger partial charge in [0.15, 0.2) is 0 Å². The smallest absolute Gasteiger partial charge is 0.332 e. The van der Waals surface area contributed by atoms with Crippen molar-refractivity contribution in [3.05, 3.63) is 15.8 Å². The van der Waals surface area contributed by atoms with Gasteiger partial charge in [-0.2, -0.15) is 4.98 Å². The van der Waals surface area contributed by atoms with Crippen molar-refractivity contribution in [3.63, 3.8) is 0 Å². The third kappa shape index (κ3) is 5.12. The topological polar surface area (TPSA) is 105 Å². The van der Waals surface area contributed by atoms with Gasteiger partial charge in [0.05, 0.1) is 11.5 Å². The molecule has 0 aliphatic carbocycles. The highest BCUT2D eigenvalue weighted by Crippen LogP contribution is 2.26. The van der Waals surface area contributed by atoms with Gasteiger partial charge in [-0.25, -0.2) is 4.98 Å². The first-order chi connectivity index (χ1) is 9.99. The number of rotatable bonds is 9. The minimum Gasteiger partial charge on any atom is -0.383 e. The molecule has 118 valence electrons. The SMILES string of the molecule is CNc1nc(C)c([N+](=O)[O-])c(NCCN(C)CCOC)n1. The van der Waals surface area contributed by atoms with Gasteiger partial charge < -0.3 is 20.3 Å². The zero-order valence-electron chi connectivity index (χ0n) is 12.8. The highest BCUT2D eigenvalue weighted by Gasteiger charge is 2.21. The number of likely N-dealkylation sites (N-methyl/N-ethyl adjacent to an activating group) is 1. The van der Waals surface area contributed by atoms with Crippen molar-refractivity contribution in [2.24, 2.45) is 0 Å². The molecule has 0 aromatic carbocycles. The average molecular weight is 298 g/mol. The van der Waals surface area contributed by atoms with Gasteiger partial charge in [-0.1, -0.05) is 0 Å². The molecule has 9 heteroatoms. The lowest BCUT2D eigenvalue weighted by Gasteiger charge is -2.16. The zero-order chi connectivity index (χ0) is 15.8. The van der Waals surface area contributed by atoms with Crippen LogP contribution in [0, 0.1) is 17.0 Å². The lowest BCUT2D eigenvalue weighted by atomic mass is 10.3. The molecule has 0 unspecified atom stereocenters. The molecule has 0 bridgehead atoms. The molecule has 0 radical (unpaired) electrons. The van der Waals surface area contributed by atoms with Gasteiger partial charge in [0.2, 0.25) is 11.8 Å². The minimum absolute atomic E-state index is 0.0893. The lowest BCUT2D eigenvalue weighted by molar-refractivity contribution is -0.385. The van der Waals surface area contributed by atoms with E-state index in [4.69, 9.17) is 4.74 Å². The average Bonchev–Trinajstić information content (AvgIpc) is 2.43. The summed E-state index contributed by atoms with van der Waals surface area (Å²) in [6, 6.07) is 0. The van der Waals surface area contributed by atoms with Crippen molar-refractivity contribution >= 4 is 17.5 Å². The highest BCUT2D eigenvalue weighted by atomic mass is 16.6. The van der Waals surface area contributed by atoms with Gasteiger partial charge in [-0.15, -0.1) is 0 Å². The Labute approximate surface area is 123 Å². The maximum Gasteiger partial charge on any atom is 0.332 e. The first kappa shape index (κ1) is 17.1. The molecule has 1 aromatic rings. The van der Waals surface area contributed by atoms with E-state index in [0.29, 0.717) is 24.8 Å².